The number of ether oxygens (including phenoxy) is 4. The van der Waals surface area contributed by atoms with Crippen molar-refractivity contribution in [2.24, 2.45) is 17.3 Å². The van der Waals surface area contributed by atoms with Crippen molar-refractivity contribution in [2.75, 3.05) is 21.0 Å². The molecule has 14 heteroatoms. The molecule has 250 valence electrons. The predicted molar refractivity (Wildman–Crippen MR) is 156 cm³/mol. The van der Waals surface area contributed by atoms with E-state index in [9.17, 15) is 27.6 Å². The minimum absolute atomic E-state index is 0.0452. The lowest BCUT2D eigenvalue weighted by atomic mass is 9.43. The van der Waals surface area contributed by atoms with Crippen molar-refractivity contribution < 1.29 is 55.8 Å². The lowest BCUT2D eigenvalue weighted by Crippen LogP contribution is -2.65. The molecule has 45 heavy (non-hydrogen) atoms. The third-order valence-electron chi connectivity index (χ3n) is 9.85. The lowest BCUT2D eigenvalue weighted by molar-refractivity contribution is -0.199. The van der Waals surface area contributed by atoms with E-state index in [1.165, 1.54) is 34.1 Å². The fourth-order valence-corrected chi connectivity index (χ4v) is 6.87. The number of rotatable bonds is 13. The van der Waals surface area contributed by atoms with E-state index in [1.54, 1.807) is 12.1 Å². The number of alkyl halides is 3. The van der Waals surface area contributed by atoms with Gasteiger partial charge in [0, 0.05) is 20.0 Å². The first kappa shape index (κ1) is 35.0. The summed E-state index contributed by atoms with van der Waals surface area (Å²) in [5.41, 5.74) is -1.20. The second-order valence-electron chi connectivity index (χ2n) is 13.4. The number of benzene rings is 1. The fourth-order valence-electron chi connectivity index (χ4n) is 6.87. The van der Waals surface area contributed by atoms with Gasteiger partial charge >= 0.3 is 25.2 Å². The Morgan fingerprint density at radius 2 is 1.82 bits per heavy atom. The molecule has 0 radical (unpaired) electrons. The van der Waals surface area contributed by atoms with Gasteiger partial charge in [0.15, 0.2) is 5.60 Å². The summed E-state index contributed by atoms with van der Waals surface area (Å²) in [4.78, 5) is 38.0. The molecule has 1 aliphatic heterocycles. The number of amides is 1. The molecular weight excluding hydrogens is 598 g/mol. The number of hydrogen-bond donors (Lipinski definition) is 1. The summed E-state index contributed by atoms with van der Waals surface area (Å²) in [6, 6.07) is 4.78. The molecule has 5 unspecified atom stereocenters. The van der Waals surface area contributed by atoms with Crippen LogP contribution in [0.1, 0.15) is 82.6 Å². The number of nitrogens with one attached hydrogen (secondary N) is 1. The zero-order valence-corrected chi connectivity index (χ0v) is 26.9. The highest BCUT2D eigenvalue weighted by molar-refractivity contribution is 6.48. The molecular formula is C31H43BF3NO9. The maximum Gasteiger partial charge on any atom is 0.482 e. The van der Waals surface area contributed by atoms with E-state index in [-0.39, 0.29) is 48.0 Å². The summed E-state index contributed by atoms with van der Waals surface area (Å²) in [5.74, 6) is -2.02. The van der Waals surface area contributed by atoms with Crippen LogP contribution >= 0.6 is 0 Å². The van der Waals surface area contributed by atoms with Crippen LogP contribution in [-0.2, 0) is 39.5 Å². The van der Waals surface area contributed by atoms with Crippen LogP contribution < -0.4 is 10.1 Å². The Morgan fingerprint density at radius 1 is 1.11 bits per heavy atom. The minimum atomic E-state index is -4.37. The zero-order chi connectivity index (χ0) is 33.4. The third kappa shape index (κ3) is 7.43. The van der Waals surface area contributed by atoms with Crippen molar-refractivity contribution in [3.8, 4) is 5.75 Å². The Hall–Kier alpha value is -2.84. The highest BCUT2D eigenvalue weighted by atomic mass is 19.4. The van der Waals surface area contributed by atoms with Gasteiger partial charge in [-0.2, -0.15) is 13.2 Å². The molecule has 4 aliphatic rings. The van der Waals surface area contributed by atoms with E-state index in [1.807, 2.05) is 6.92 Å². The molecule has 5 atom stereocenters. The number of methoxy groups -OCH3 is 2. The van der Waals surface area contributed by atoms with E-state index >= 15 is 0 Å². The molecule has 1 aromatic carbocycles. The average molecular weight is 641 g/mol. The molecule has 3 saturated carbocycles. The van der Waals surface area contributed by atoms with Gasteiger partial charge in [0.25, 0.3) is 0 Å². The molecule has 2 bridgehead atoms. The quantitative estimate of drug-likeness (QED) is 0.184. The Morgan fingerprint density at radius 3 is 2.44 bits per heavy atom. The first-order chi connectivity index (χ1) is 20.9. The number of para-hydroxylation sites is 1. The van der Waals surface area contributed by atoms with Gasteiger partial charge in [0.1, 0.15) is 11.3 Å². The number of esters is 2. The Labute approximate surface area is 262 Å². The van der Waals surface area contributed by atoms with Crippen LogP contribution in [0.5, 0.6) is 5.75 Å². The van der Waals surface area contributed by atoms with Crippen molar-refractivity contribution in [3.05, 3.63) is 29.3 Å². The molecule has 1 heterocycles. The highest BCUT2D eigenvalue weighted by Crippen LogP contribution is 2.65. The maximum absolute atomic E-state index is 13.0. The summed E-state index contributed by atoms with van der Waals surface area (Å²) in [6.45, 7) is 8.83. The van der Waals surface area contributed by atoms with Gasteiger partial charge in [-0.05, 0) is 75.3 Å². The summed E-state index contributed by atoms with van der Waals surface area (Å²) in [5, 5.41) is 2.84. The second-order valence-corrected chi connectivity index (χ2v) is 13.4. The van der Waals surface area contributed by atoms with Gasteiger partial charge in [0.2, 0.25) is 12.7 Å². The number of carbonyl (C=O) groups excluding carboxylic acids is 3. The molecule has 0 aromatic heterocycles. The van der Waals surface area contributed by atoms with Crippen LogP contribution in [-0.4, -0.2) is 75.4 Å². The van der Waals surface area contributed by atoms with Crippen molar-refractivity contribution in [3.63, 3.8) is 0 Å². The van der Waals surface area contributed by atoms with Crippen molar-refractivity contribution in [1.82, 2.24) is 5.32 Å². The van der Waals surface area contributed by atoms with Crippen LogP contribution in [0.3, 0.4) is 0 Å². The molecule has 1 saturated heterocycles. The molecule has 0 spiro atoms. The SMILES string of the molecule is COc1c(CC(NC(=O)CCCC(F)(F)F)B2OC3CC4CC(C4(C)C)C3(C)O2)cccc1C(=O)OCOC(=O)C(C)(C)OC. The number of halogens is 3. The Kier molecular flexibility index (Phi) is 10.2. The molecule has 1 N–H and O–H groups in total. The topological polar surface area (TPSA) is 119 Å². The smallest absolute Gasteiger partial charge is 0.482 e. The summed E-state index contributed by atoms with van der Waals surface area (Å²) in [6.07, 6.45) is -4.42. The van der Waals surface area contributed by atoms with Gasteiger partial charge in [-0.1, -0.05) is 26.0 Å². The highest BCUT2D eigenvalue weighted by Gasteiger charge is 2.68. The summed E-state index contributed by atoms with van der Waals surface area (Å²) in [7, 11) is 1.83. The molecule has 5 rings (SSSR count). The van der Waals surface area contributed by atoms with Crippen LogP contribution in [0.25, 0.3) is 0 Å². The number of hydrogen-bond acceptors (Lipinski definition) is 9. The molecule has 1 amide bonds. The van der Waals surface area contributed by atoms with Crippen LogP contribution in [0.2, 0.25) is 0 Å². The van der Waals surface area contributed by atoms with Gasteiger partial charge in [-0.3, -0.25) is 4.79 Å². The Balaban J connectivity index is 1.52. The second kappa shape index (κ2) is 13.1. The summed E-state index contributed by atoms with van der Waals surface area (Å²) >= 11 is 0. The van der Waals surface area contributed by atoms with Gasteiger partial charge in [-0.15, -0.1) is 0 Å². The number of carbonyl (C=O) groups is 3. The van der Waals surface area contributed by atoms with E-state index in [2.05, 4.69) is 19.2 Å². The molecule has 10 nitrogen and oxygen atoms in total. The maximum atomic E-state index is 13.0. The first-order valence-corrected chi connectivity index (χ1v) is 15.2. The van der Waals surface area contributed by atoms with Gasteiger partial charge in [-0.25, -0.2) is 9.59 Å². The van der Waals surface area contributed by atoms with Crippen LogP contribution in [0.4, 0.5) is 13.2 Å². The minimum Gasteiger partial charge on any atom is -0.496 e. The molecule has 4 fully saturated rings. The van der Waals surface area contributed by atoms with E-state index in [0.717, 1.165) is 12.8 Å². The lowest BCUT2D eigenvalue weighted by Gasteiger charge is -2.64. The van der Waals surface area contributed by atoms with Crippen molar-refractivity contribution in [2.45, 2.75) is 103 Å². The van der Waals surface area contributed by atoms with Crippen LogP contribution in [0, 0.1) is 17.3 Å². The third-order valence-corrected chi connectivity index (χ3v) is 9.85. The van der Waals surface area contributed by atoms with E-state index in [4.69, 9.17) is 28.3 Å². The molecule has 1 aromatic rings. The standard InChI is InChI=1S/C31H43BF3NO9/c1-28(2)19-15-21(28)30(5)22(16-19)44-32(45-30)23(36-24(37)12-9-13-31(33,34)35)14-18-10-8-11-20(25(18)40-6)26(38)42-17-43-27(39)29(3,4)41-7/h8,10-11,19,21-23H,9,12-17H2,1-7H3,(H,36,37). The van der Waals surface area contributed by atoms with E-state index in [0.29, 0.717) is 11.5 Å². The zero-order valence-electron chi connectivity index (χ0n) is 26.9. The van der Waals surface area contributed by atoms with Crippen molar-refractivity contribution in [1.29, 1.82) is 0 Å². The largest absolute Gasteiger partial charge is 0.496 e. The fraction of sp³-hybridized carbons (Fsp3) is 0.710. The Bertz CT molecular complexity index is 1270. The predicted octanol–water partition coefficient (Wildman–Crippen LogP) is 4.81. The average Bonchev–Trinajstić information content (AvgIpc) is 3.33. The monoisotopic (exact) mass is 641 g/mol. The molecule has 3 aliphatic carbocycles. The van der Waals surface area contributed by atoms with Crippen molar-refractivity contribution >= 4 is 25.0 Å². The van der Waals surface area contributed by atoms with Gasteiger partial charge in [0.05, 0.1) is 24.8 Å². The summed E-state index contributed by atoms with van der Waals surface area (Å²) < 4.78 is 72.0. The van der Waals surface area contributed by atoms with E-state index < -0.39 is 61.5 Å². The first-order valence-electron chi connectivity index (χ1n) is 15.2. The van der Waals surface area contributed by atoms with Gasteiger partial charge < -0.3 is 33.6 Å². The normalized spacial score (nSPS) is 25.9. The van der Waals surface area contributed by atoms with Crippen LogP contribution in [0.15, 0.2) is 18.2 Å².